The molecule has 94 valence electrons. The minimum absolute atomic E-state index is 0.173. The number of carboxylic acid groups (broad SMARTS) is 1. The zero-order valence-electron chi connectivity index (χ0n) is 9.91. The van der Waals surface area contributed by atoms with Crippen LogP contribution in [0.15, 0.2) is 0 Å². The van der Waals surface area contributed by atoms with Crippen LogP contribution < -0.4 is 15.7 Å². The molecule has 0 saturated carbocycles. The van der Waals surface area contributed by atoms with Crippen molar-refractivity contribution in [3.63, 3.8) is 0 Å². The number of hydrogen-bond acceptors (Lipinski definition) is 4. The van der Waals surface area contributed by atoms with Crippen molar-refractivity contribution >= 4 is 12.0 Å². The molecule has 6 nitrogen and oxygen atoms in total. The maximum absolute atomic E-state index is 11.1. The van der Waals surface area contributed by atoms with E-state index in [-0.39, 0.29) is 6.10 Å². The first kappa shape index (κ1) is 14.7. The van der Waals surface area contributed by atoms with Crippen LogP contribution >= 0.6 is 0 Å². The van der Waals surface area contributed by atoms with Crippen molar-refractivity contribution < 1.29 is 19.4 Å². The summed E-state index contributed by atoms with van der Waals surface area (Å²) in [5.74, 6) is -1.31. The number of hydrogen-bond donors (Lipinski definition) is 2. The molecule has 0 aromatic heterocycles. The Balaban J connectivity index is 3.48. The number of carbonyl (C=O) groups excluding carboxylic acids is 2. The van der Waals surface area contributed by atoms with Gasteiger partial charge >= 0.3 is 6.03 Å². The fourth-order valence-corrected chi connectivity index (χ4v) is 0.900. The van der Waals surface area contributed by atoms with Crippen molar-refractivity contribution in [3.8, 4) is 0 Å². The number of aliphatic carboxylic acids is 1. The summed E-state index contributed by atoms with van der Waals surface area (Å²) in [7, 11) is 0. The summed E-state index contributed by atoms with van der Waals surface area (Å²) in [5.41, 5.74) is 0. The average Bonchev–Trinajstić information content (AvgIpc) is 2.16. The van der Waals surface area contributed by atoms with Gasteiger partial charge in [0.05, 0.1) is 18.1 Å². The Morgan fingerprint density at radius 1 is 1.31 bits per heavy atom. The molecule has 0 aliphatic rings. The average molecular weight is 231 g/mol. The number of amides is 2. The van der Waals surface area contributed by atoms with Crippen molar-refractivity contribution in [2.75, 3.05) is 13.2 Å². The second-order valence-electron chi connectivity index (χ2n) is 3.71. The highest BCUT2D eigenvalue weighted by Gasteiger charge is 2.06. The van der Waals surface area contributed by atoms with Gasteiger partial charge < -0.3 is 25.3 Å². The summed E-state index contributed by atoms with van der Waals surface area (Å²) in [5, 5.41) is 15.1. The lowest BCUT2D eigenvalue weighted by Crippen LogP contribution is -2.49. The molecule has 0 aromatic carbocycles. The lowest BCUT2D eigenvalue weighted by atomic mass is 10.3. The molecule has 0 aliphatic heterocycles. The summed E-state index contributed by atoms with van der Waals surface area (Å²) in [6, 6.07) is -1.51. The molecular weight excluding hydrogens is 212 g/mol. The molecule has 0 bridgehead atoms. The van der Waals surface area contributed by atoms with Crippen LogP contribution in [0.25, 0.3) is 0 Å². The third kappa shape index (κ3) is 8.05. The predicted octanol–water partition coefficient (Wildman–Crippen LogP) is -0.761. The normalized spacial score (nSPS) is 12.2. The second-order valence-corrected chi connectivity index (χ2v) is 3.71. The SMILES string of the molecule is CC(C)OCCCNC(=O)N[C@@H](C)C(=O)[O-]. The molecule has 0 spiro atoms. The van der Waals surface area contributed by atoms with E-state index in [9.17, 15) is 14.7 Å². The molecule has 0 aliphatic carbocycles. The van der Waals surface area contributed by atoms with Gasteiger partial charge in [0.25, 0.3) is 0 Å². The van der Waals surface area contributed by atoms with Crippen molar-refractivity contribution in [1.82, 2.24) is 10.6 Å². The smallest absolute Gasteiger partial charge is 0.315 e. The molecule has 2 amide bonds. The van der Waals surface area contributed by atoms with E-state index in [1.807, 2.05) is 13.8 Å². The lowest BCUT2D eigenvalue weighted by molar-refractivity contribution is -0.307. The Hall–Kier alpha value is -1.30. The van der Waals surface area contributed by atoms with E-state index < -0.39 is 18.0 Å². The van der Waals surface area contributed by atoms with Gasteiger partial charge in [-0.05, 0) is 27.2 Å². The molecule has 0 rings (SSSR count). The number of carbonyl (C=O) groups is 2. The van der Waals surface area contributed by atoms with Gasteiger partial charge in [-0.3, -0.25) is 0 Å². The predicted molar refractivity (Wildman–Crippen MR) is 56.7 cm³/mol. The zero-order valence-corrected chi connectivity index (χ0v) is 9.91. The van der Waals surface area contributed by atoms with E-state index in [0.717, 1.165) is 0 Å². The van der Waals surface area contributed by atoms with Gasteiger partial charge in [0, 0.05) is 13.2 Å². The summed E-state index contributed by atoms with van der Waals surface area (Å²) in [6.07, 6.45) is 0.859. The van der Waals surface area contributed by atoms with Gasteiger partial charge in [-0.2, -0.15) is 0 Å². The Bertz CT molecular complexity index is 231. The van der Waals surface area contributed by atoms with Gasteiger partial charge in [0.15, 0.2) is 0 Å². The van der Waals surface area contributed by atoms with Crippen molar-refractivity contribution in [3.05, 3.63) is 0 Å². The zero-order chi connectivity index (χ0) is 12.6. The van der Waals surface area contributed by atoms with E-state index in [1.165, 1.54) is 6.92 Å². The van der Waals surface area contributed by atoms with Gasteiger partial charge in [-0.15, -0.1) is 0 Å². The van der Waals surface area contributed by atoms with Crippen LogP contribution in [0.5, 0.6) is 0 Å². The minimum atomic E-state index is -1.31. The first-order valence-corrected chi connectivity index (χ1v) is 5.30. The molecule has 6 heteroatoms. The monoisotopic (exact) mass is 231 g/mol. The van der Waals surface area contributed by atoms with Gasteiger partial charge in [-0.25, -0.2) is 4.79 Å². The highest BCUT2D eigenvalue weighted by molar-refractivity contribution is 5.81. The van der Waals surface area contributed by atoms with Crippen molar-refractivity contribution in [1.29, 1.82) is 0 Å². The topological polar surface area (TPSA) is 90.5 Å². The van der Waals surface area contributed by atoms with Gasteiger partial charge in [-0.1, -0.05) is 0 Å². The molecule has 0 aromatic rings. The number of carboxylic acids is 1. The number of nitrogens with one attached hydrogen (secondary N) is 2. The third-order valence-electron chi connectivity index (χ3n) is 1.76. The molecule has 2 N–H and O–H groups in total. The Labute approximate surface area is 95.4 Å². The number of ether oxygens (including phenoxy) is 1. The first-order valence-electron chi connectivity index (χ1n) is 5.30. The van der Waals surface area contributed by atoms with Crippen LogP contribution in [0, 0.1) is 0 Å². The lowest BCUT2D eigenvalue weighted by Gasteiger charge is -2.15. The third-order valence-corrected chi connectivity index (χ3v) is 1.76. The van der Waals surface area contributed by atoms with Crippen LogP contribution in [0.3, 0.4) is 0 Å². The summed E-state index contributed by atoms with van der Waals surface area (Å²) < 4.78 is 5.27. The fraction of sp³-hybridized carbons (Fsp3) is 0.800. The fourth-order valence-electron chi connectivity index (χ4n) is 0.900. The van der Waals surface area contributed by atoms with E-state index >= 15 is 0 Å². The van der Waals surface area contributed by atoms with Crippen molar-refractivity contribution in [2.45, 2.75) is 39.3 Å². The van der Waals surface area contributed by atoms with E-state index in [4.69, 9.17) is 4.74 Å². The van der Waals surface area contributed by atoms with Crippen LogP contribution in [-0.4, -0.2) is 37.3 Å². The highest BCUT2D eigenvalue weighted by atomic mass is 16.5. The molecule has 0 saturated heterocycles. The molecule has 0 fully saturated rings. The maximum atomic E-state index is 11.1. The Morgan fingerprint density at radius 3 is 2.44 bits per heavy atom. The van der Waals surface area contributed by atoms with Crippen molar-refractivity contribution in [2.24, 2.45) is 0 Å². The molecule has 0 radical (unpaired) electrons. The largest absolute Gasteiger partial charge is 0.548 e. The van der Waals surface area contributed by atoms with Crippen LogP contribution in [0.1, 0.15) is 27.2 Å². The van der Waals surface area contributed by atoms with Crippen LogP contribution in [0.2, 0.25) is 0 Å². The molecular formula is C10H19N2O4-. The number of urea groups is 1. The summed E-state index contributed by atoms with van der Waals surface area (Å²) in [4.78, 5) is 21.4. The van der Waals surface area contributed by atoms with E-state index in [1.54, 1.807) is 0 Å². The van der Waals surface area contributed by atoms with E-state index in [0.29, 0.717) is 19.6 Å². The Morgan fingerprint density at radius 2 is 1.94 bits per heavy atom. The molecule has 0 heterocycles. The van der Waals surface area contributed by atoms with Gasteiger partial charge in [0.1, 0.15) is 0 Å². The van der Waals surface area contributed by atoms with Crippen LogP contribution in [0.4, 0.5) is 4.79 Å². The molecule has 1 atom stereocenters. The maximum Gasteiger partial charge on any atom is 0.315 e. The standard InChI is InChI=1S/C10H20N2O4/c1-7(2)16-6-4-5-11-10(15)12-8(3)9(13)14/h7-8H,4-6H2,1-3H3,(H,13,14)(H2,11,12,15)/p-1/t8-/m0/s1. The second kappa shape index (κ2) is 7.92. The first-order chi connectivity index (χ1) is 7.43. The van der Waals surface area contributed by atoms with E-state index in [2.05, 4.69) is 10.6 Å². The minimum Gasteiger partial charge on any atom is -0.548 e. The molecule has 16 heavy (non-hydrogen) atoms. The molecule has 0 unspecified atom stereocenters. The number of rotatable bonds is 7. The Kier molecular flexibility index (Phi) is 7.28. The highest BCUT2D eigenvalue weighted by Crippen LogP contribution is 1.89. The summed E-state index contributed by atoms with van der Waals surface area (Å²) >= 11 is 0. The quantitative estimate of drug-likeness (QED) is 0.563. The van der Waals surface area contributed by atoms with Crippen LogP contribution in [-0.2, 0) is 9.53 Å². The van der Waals surface area contributed by atoms with Gasteiger partial charge in [0.2, 0.25) is 0 Å². The summed E-state index contributed by atoms with van der Waals surface area (Å²) in [6.45, 7) is 6.21.